The van der Waals surface area contributed by atoms with Crippen molar-refractivity contribution in [1.29, 1.82) is 0 Å². The molecule has 0 atom stereocenters. The number of hydrogen-bond acceptors (Lipinski definition) is 4. The molecular weight excluding hydrogens is 498 g/mol. The second-order valence-electron chi connectivity index (χ2n) is 7.98. The van der Waals surface area contributed by atoms with Crippen molar-refractivity contribution in [3.05, 3.63) is 94.0 Å². The fraction of sp³-hybridized carbons (Fsp3) is 0.192. The van der Waals surface area contributed by atoms with E-state index in [0.29, 0.717) is 45.1 Å². The van der Waals surface area contributed by atoms with Crippen LogP contribution in [0.15, 0.2) is 77.3 Å². The Morgan fingerprint density at radius 3 is 2.00 bits per heavy atom. The van der Waals surface area contributed by atoms with Crippen LogP contribution in [0.25, 0.3) is 0 Å². The summed E-state index contributed by atoms with van der Waals surface area (Å²) in [5.74, 6) is 0.00134. The first kappa shape index (κ1) is 25.0. The summed E-state index contributed by atoms with van der Waals surface area (Å²) < 4.78 is 6.38. The summed E-state index contributed by atoms with van der Waals surface area (Å²) in [5.41, 5.74) is 6.57. The van der Waals surface area contributed by atoms with Crippen LogP contribution in [0.3, 0.4) is 0 Å². The highest BCUT2D eigenvalue weighted by atomic mass is 79.9. The number of nitrogens with one attached hydrogen (secondary N) is 3. The van der Waals surface area contributed by atoms with Crippen molar-refractivity contribution < 1.29 is 19.1 Å². The van der Waals surface area contributed by atoms with Gasteiger partial charge in [0.1, 0.15) is 5.75 Å². The fourth-order valence-corrected chi connectivity index (χ4v) is 3.41. The van der Waals surface area contributed by atoms with Gasteiger partial charge in [-0.1, -0.05) is 32.0 Å². The standard InChI is InChI=1S/C26H26BrN3O4/c1-17(2)14-15-34-23-13-10-20(16-22(23)27)26(33)30-29-25(32)19-8-11-21(12-9-19)28-24(31)18-6-4-3-5-7-18/h3-13,16-17H,14-15H2,1-2H3,(H,28,31)(H,29,32)(H,30,33). The Kier molecular flexibility index (Phi) is 8.81. The molecule has 0 aliphatic carbocycles. The normalized spacial score (nSPS) is 10.5. The van der Waals surface area contributed by atoms with Gasteiger partial charge in [0.25, 0.3) is 17.7 Å². The van der Waals surface area contributed by atoms with Crippen LogP contribution in [-0.4, -0.2) is 24.3 Å². The van der Waals surface area contributed by atoms with Gasteiger partial charge in [0.15, 0.2) is 0 Å². The van der Waals surface area contributed by atoms with E-state index in [1.807, 2.05) is 6.07 Å². The quantitative estimate of drug-likeness (QED) is 0.353. The molecule has 34 heavy (non-hydrogen) atoms. The van der Waals surface area contributed by atoms with E-state index in [1.165, 1.54) is 0 Å². The minimum absolute atomic E-state index is 0.243. The molecule has 3 amide bonds. The third-order valence-electron chi connectivity index (χ3n) is 4.88. The first-order chi connectivity index (χ1) is 16.3. The molecular formula is C26H26BrN3O4. The molecule has 0 aromatic heterocycles. The van der Waals surface area contributed by atoms with Crippen LogP contribution < -0.4 is 20.9 Å². The topological polar surface area (TPSA) is 96.5 Å². The Morgan fingerprint density at radius 1 is 0.794 bits per heavy atom. The minimum atomic E-state index is -0.484. The third-order valence-corrected chi connectivity index (χ3v) is 5.50. The van der Waals surface area contributed by atoms with Gasteiger partial charge in [-0.15, -0.1) is 0 Å². The van der Waals surface area contributed by atoms with Crippen LogP contribution in [0.1, 0.15) is 51.3 Å². The molecule has 3 rings (SSSR count). The van der Waals surface area contributed by atoms with Crippen LogP contribution in [0.2, 0.25) is 0 Å². The predicted molar refractivity (Wildman–Crippen MR) is 135 cm³/mol. The molecule has 3 N–H and O–H groups in total. The molecule has 176 valence electrons. The number of carbonyl (C=O) groups is 3. The van der Waals surface area contributed by atoms with Crippen molar-refractivity contribution in [2.45, 2.75) is 20.3 Å². The largest absolute Gasteiger partial charge is 0.492 e. The van der Waals surface area contributed by atoms with Crippen molar-refractivity contribution in [3.8, 4) is 5.75 Å². The van der Waals surface area contributed by atoms with E-state index < -0.39 is 11.8 Å². The zero-order valence-electron chi connectivity index (χ0n) is 18.9. The Bertz CT molecular complexity index is 1150. The minimum Gasteiger partial charge on any atom is -0.492 e. The van der Waals surface area contributed by atoms with E-state index in [1.54, 1.807) is 66.7 Å². The van der Waals surface area contributed by atoms with Gasteiger partial charge < -0.3 is 10.1 Å². The molecule has 0 unspecified atom stereocenters. The summed E-state index contributed by atoms with van der Waals surface area (Å²) in [6.45, 7) is 4.84. The maximum absolute atomic E-state index is 12.4. The Labute approximate surface area is 207 Å². The lowest BCUT2D eigenvalue weighted by atomic mass is 10.1. The van der Waals surface area contributed by atoms with Gasteiger partial charge in [-0.2, -0.15) is 0 Å². The number of anilines is 1. The highest BCUT2D eigenvalue weighted by molar-refractivity contribution is 9.10. The molecule has 0 fully saturated rings. The number of carbonyl (C=O) groups excluding carboxylic acids is 3. The highest BCUT2D eigenvalue weighted by Gasteiger charge is 2.12. The predicted octanol–water partition coefficient (Wildman–Crippen LogP) is 5.20. The van der Waals surface area contributed by atoms with Gasteiger partial charge >= 0.3 is 0 Å². The third kappa shape index (κ3) is 7.18. The monoisotopic (exact) mass is 523 g/mol. The summed E-state index contributed by atoms with van der Waals surface area (Å²) in [4.78, 5) is 37.0. The van der Waals surface area contributed by atoms with Crippen LogP contribution in [-0.2, 0) is 0 Å². The maximum Gasteiger partial charge on any atom is 0.269 e. The van der Waals surface area contributed by atoms with Crippen molar-refractivity contribution in [3.63, 3.8) is 0 Å². The highest BCUT2D eigenvalue weighted by Crippen LogP contribution is 2.26. The molecule has 0 saturated carbocycles. The van der Waals surface area contributed by atoms with E-state index in [2.05, 4.69) is 45.9 Å². The summed E-state index contributed by atoms with van der Waals surface area (Å²) in [6.07, 6.45) is 0.932. The lowest BCUT2D eigenvalue weighted by Crippen LogP contribution is -2.41. The summed E-state index contributed by atoms with van der Waals surface area (Å²) in [7, 11) is 0. The van der Waals surface area contributed by atoms with Crippen molar-refractivity contribution in [2.24, 2.45) is 5.92 Å². The van der Waals surface area contributed by atoms with Crippen LogP contribution in [0.5, 0.6) is 5.75 Å². The molecule has 0 bridgehead atoms. The molecule has 0 aliphatic rings. The second kappa shape index (κ2) is 12.0. The van der Waals surface area contributed by atoms with E-state index in [9.17, 15) is 14.4 Å². The smallest absolute Gasteiger partial charge is 0.269 e. The molecule has 0 radical (unpaired) electrons. The Hall–Kier alpha value is -3.65. The lowest BCUT2D eigenvalue weighted by molar-refractivity contribution is 0.0846. The number of hydrogen-bond donors (Lipinski definition) is 3. The molecule has 0 heterocycles. The van der Waals surface area contributed by atoms with Crippen LogP contribution in [0, 0.1) is 5.92 Å². The number of halogens is 1. The molecule has 0 spiro atoms. The van der Waals surface area contributed by atoms with Crippen molar-refractivity contribution in [2.75, 3.05) is 11.9 Å². The SMILES string of the molecule is CC(C)CCOc1ccc(C(=O)NNC(=O)c2ccc(NC(=O)c3ccccc3)cc2)cc1Br. The van der Waals surface area contributed by atoms with E-state index in [0.717, 1.165) is 6.42 Å². The van der Waals surface area contributed by atoms with Crippen molar-refractivity contribution >= 4 is 39.3 Å². The zero-order valence-corrected chi connectivity index (χ0v) is 20.5. The summed E-state index contributed by atoms with van der Waals surface area (Å²) in [6, 6.07) is 20.2. The fourth-order valence-electron chi connectivity index (χ4n) is 2.92. The number of ether oxygens (including phenoxy) is 1. The first-order valence-corrected chi connectivity index (χ1v) is 11.6. The average molecular weight is 524 g/mol. The van der Waals surface area contributed by atoms with Gasteiger partial charge in [0, 0.05) is 22.4 Å². The van der Waals surface area contributed by atoms with Gasteiger partial charge in [-0.25, -0.2) is 0 Å². The van der Waals surface area contributed by atoms with E-state index in [4.69, 9.17) is 4.74 Å². The number of benzene rings is 3. The lowest BCUT2D eigenvalue weighted by Gasteiger charge is -2.12. The summed E-state index contributed by atoms with van der Waals surface area (Å²) in [5, 5.41) is 2.77. The molecule has 0 aliphatic heterocycles. The van der Waals surface area contributed by atoms with Gasteiger partial charge in [0.2, 0.25) is 0 Å². The molecule has 3 aromatic carbocycles. The first-order valence-electron chi connectivity index (χ1n) is 10.8. The van der Waals surface area contributed by atoms with Crippen molar-refractivity contribution in [1.82, 2.24) is 10.9 Å². The molecule has 7 nitrogen and oxygen atoms in total. The molecule has 8 heteroatoms. The van der Waals surface area contributed by atoms with E-state index >= 15 is 0 Å². The maximum atomic E-state index is 12.4. The number of amides is 3. The molecule has 0 saturated heterocycles. The van der Waals surface area contributed by atoms with E-state index in [-0.39, 0.29) is 5.91 Å². The Balaban J connectivity index is 1.51. The summed E-state index contributed by atoms with van der Waals surface area (Å²) >= 11 is 3.42. The van der Waals surface area contributed by atoms with Crippen LogP contribution >= 0.6 is 15.9 Å². The molecule has 3 aromatic rings. The Morgan fingerprint density at radius 2 is 1.38 bits per heavy atom. The number of hydrazine groups is 1. The average Bonchev–Trinajstić information content (AvgIpc) is 2.84. The second-order valence-corrected chi connectivity index (χ2v) is 8.84. The van der Waals surface area contributed by atoms with Gasteiger partial charge in [0.05, 0.1) is 11.1 Å². The van der Waals surface area contributed by atoms with Gasteiger partial charge in [-0.05, 0) is 82.9 Å². The van der Waals surface area contributed by atoms with Gasteiger partial charge in [-0.3, -0.25) is 25.2 Å². The number of rotatable bonds is 8. The van der Waals surface area contributed by atoms with Crippen LogP contribution in [0.4, 0.5) is 5.69 Å². The zero-order chi connectivity index (χ0) is 24.5.